The van der Waals surface area contributed by atoms with Crippen LogP contribution in [0.3, 0.4) is 0 Å². The van der Waals surface area contributed by atoms with E-state index in [1.807, 2.05) is 0 Å². The Labute approximate surface area is 89.9 Å². The van der Waals surface area contributed by atoms with Gasteiger partial charge in [-0.1, -0.05) is 13.8 Å². The van der Waals surface area contributed by atoms with E-state index in [2.05, 4.69) is 24.1 Å². The fourth-order valence-electron chi connectivity index (χ4n) is 1.87. The van der Waals surface area contributed by atoms with Gasteiger partial charge in [-0.2, -0.15) is 0 Å². The maximum absolute atomic E-state index is 12.8. The maximum atomic E-state index is 12.8. The summed E-state index contributed by atoms with van der Waals surface area (Å²) in [6, 6.07) is 1.53. The van der Waals surface area contributed by atoms with E-state index < -0.39 is 0 Å². The quantitative estimate of drug-likeness (QED) is 0.821. The summed E-state index contributed by atoms with van der Waals surface area (Å²) in [4.78, 5) is 3.81. The molecule has 0 amide bonds. The van der Waals surface area contributed by atoms with Gasteiger partial charge in [-0.3, -0.25) is 4.98 Å². The second-order valence-electron chi connectivity index (χ2n) is 5.03. The van der Waals surface area contributed by atoms with Crippen LogP contribution in [-0.4, -0.2) is 11.5 Å². The first kappa shape index (κ1) is 10.6. The van der Waals surface area contributed by atoms with E-state index in [1.165, 1.54) is 18.7 Å². The minimum Gasteiger partial charge on any atom is -0.312 e. The summed E-state index contributed by atoms with van der Waals surface area (Å²) in [5, 5.41) is 3.34. The van der Waals surface area contributed by atoms with E-state index in [0.717, 1.165) is 18.0 Å². The second kappa shape index (κ2) is 3.89. The number of rotatable bonds is 4. The van der Waals surface area contributed by atoms with Crippen molar-refractivity contribution in [2.45, 2.75) is 26.8 Å². The lowest BCUT2D eigenvalue weighted by Crippen LogP contribution is -2.18. The molecule has 2 nitrogen and oxygen atoms in total. The first-order valence-electron chi connectivity index (χ1n) is 5.38. The molecule has 0 bridgehead atoms. The van der Waals surface area contributed by atoms with Crippen molar-refractivity contribution < 1.29 is 4.39 Å². The highest BCUT2D eigenvalue weighted by Crippen LogP contribution is 2.50. The van der Waals surface area contributed by atoms with Crippen LogP contribution in [0.25, 0.3) is 0 Å². The molecule has 2 rings (SSSR count). The minimum atomic E-state index is -0.263. The highest BCUT2D eigenvalue weighted by Gasteiger charge is 2.44. The van der Waals surface area contributed by atoms with Crippen LogP contribution >= 0.6 is 0 Å². The molecule has 1 unspecified atom stereocenters. The molecule has 0 aliphatic heterocycles. The van der Waals surface area contributed by atoms with Crippen molar-refractivity contribution in [2.24, 2.45) is 11.3 Å². The third kappa shape index (κ3) is 2.75. The van der Waals surface area contributed by atoms with Gasteiger partial charge < -0.3 is 5.32 Å². The van der Waals surface area contributed by atoms with Crippen molar-refractivity contribution in [3.8, 4) is 0 Å². The molecule has 3 heteroatoms. The van der Waals surface area contributed by atoms with E-state index in [0.29, 0.717) is 12.0 Å². The van der Waals surface area contributed by atoms with E-state index >= 15 is 0 Å². The fourth-order valence-corrected chi connectivity index (χ4v) is 1.87. The van der Waals surface area contributed by atoms with Gasteiger partial charge in [0.2, 0.25) is 0 Å². The fraction of sp³-hybridized carbons (Fsp3) is 0.583. The summed E-state index contributed by atoms with van der Waals surface area (Å²) in [5.74, 6) is 0.514. The zero-order valence-electron chi connectivity index (χ0n) is 9.26. The molecule has 0 radical (unpaired) electrons. The summed E-state index contributed by atoms with van der Waals surface area (Å²) < 4.78 is 12.8. The Morgan fingerprint density at radius 2 is 2.27 bits per heavy atom. The molecular formula is C12H17FN2. The average molecular weight is 208 g/mol. The van der Waals surface area contributed by atoms with Crippen LogP contribution in [0.4, 0.5) is 4.39 Å². The highest BCUT2D eigenvalue weighted by atomic mass is 19.1. The van der Waals surface area contributed by atoms with E-state index in [1.54, 1.807) is 6.20 Å². The average Bonchev–Trinajstić information content (AvgIpc) is 2.74. The lowest BCUT2D eigenvalue weighted by atomic mass is 10.1. The van der Waals surface area contributed by atoms with Gasteiger partial charge in [-0.25, -0.2) is 4.39 Å². The van der Waals surface area contributed by atoms with Crippen LogP contribution in [0.1, 0.15) is 25.8 Å². The Morgan fingerprint density at radius 3 is 2.87 bits per heavy atom. The van der Waals surface area contributed by atoms with Gasteiger partial charge >= 0.3 is 0 Å². The molecule has 0 aromatic carbocycles. The van der Waals surface area contributed by atoms with E-state index in [4.69, 9.17) is 0 Å². The van der Waals surface area contributed by atoms with Crippen LogP contribution in [0.15, 0.2) is 18.5 Å². The normalized spacial score (nSPS) is 22.7. The molecule has 1 saturated carbocycles. The number of pyridine rings is 1. The number of halogens is 1. The third-order valence-corrected chi connectivity index (χ3v) is 3.20. The van der Waals surface area contributed by atoms with Gasteiger partial charge in [0.25, 0.3) is 0 Å². The SMILES string of the molecule is CC1(C)CC1CNCc1cncc(F)c1. The molecule has 15 heavy (non-hydrogen) atoms. The van der Waals surface area contributed by atoms with Crippen LogP contribution in [0.2, 0.25) is 0 Å². The summed E-state index contributed by atoms with van der Waals surface area (Å²) in [6.45, 7) is 6.28. The predicted octanol–water partition coefficient (Wildman–Crippen LogP) is 2.36. The van der Waals surface area contributed by atoms with E-state index in [-0.39, 0.29) is 5.82 Å². The Bertz CT molecular complexity index is 349. The van der Waals surface area contributed by atoms with Gasteiger partial charge in [-0.15, -0.1) is 0 Å². The monoisotopic (exact) mass is 208 g/mol. The minimum absolute atomic E-state index is 0.263. The van der Waals surface area contributed by atoms with Gasteiger partial charge in [0.05, 0.1) is 6.20 Å². The highest BCUT2D eigenvalue weighted by molar-refractivity contribution is 5.10. The van der Waals surface area contributed by atoms with Crippen LogP contribution in [0.5, 0.6) is 0 Å². The number of hydrogen-bond donors (Lipinski definition) is 1. The van der Waals surface area contributed by atoms with Crippen LogP contribution < -0.4 is 5.32 Å². The zero-order chi connectivity index (χ0) is 10.9. The largest absolute Gasteiger partial charge is 0.312 e. The summed E-state index contributed by atoms with van der Waals surface area (Å²) in [5.41, 5.74) is 1.42. The topological polar surface area (TPSA) is 24.9 Å². The van der Waals surface area contributed by atoms with Crippen LogP contribution in [0, 0.1) is 17.2 Å². The Kier molecular flexibility index (Phi) is 2.74. The Hall–Kier alpha value is -0.960. The summed E-state index contributed by atoms with van der Waals surface area (Å²) in [7, 11) is 0. The molecule has 1 aliphatic carbocycles. The first-order chi connectivity index (χ1) is 7.08. The van der Waals surface area contributed by atoms with Gasteiger partial charge in [0.15, 0.2) is 0 Å². The van der Waals surface area contributed by atoms with Gasteiger partial charge in [0.1, 0.15) is 5.82 Å². The summed E-state index contributed by atoms with van der Waals surface area (Å²) in [6.07, 6.45) is 4.23. The molecule has 1 fully saturated rings. The van der Waals surface area contributed by atoms with Gasteiger partial charge in [0, 0.05) is 12.7 Å². The van der Waals surface area contributed by atoms with E-state index in [9.17, 15) is 4.39 Å². The first-order valence-corrected chi connectivity index (χ1v) is 5.38. The lowest BCUT2D eigenvalue weighted by Gasteiger charge is -2.06. The molecular weight excluding hydrogens is 191 g/mol. The predicted molar refractivity (Wildman–Crippen MR) is 57.8 cm³/mol. The molecule has 1 aliphatic rings. The molecule has 82 valence electrons. The summed E-state index contributed by atoms with van der Waals surface area (Å²) >= 11 is 0. The molecule has 1 aromatic rings. The van der Waals surface area contributed by atoms with Gasteiger partial charge in [-0.05, 0) is 35.9 Å². The molecule has 1 heterocycles. The second-order valence-corrected chi connectivity index (χ2v) is 5.03. The van der Waals surface area contributed by atoms with Crippen molar-refractivity contribution >= 4 is 0 Å². The molecule has 1 N–H and O–H groups in total. The van der Waals surface area contributed by atoms with Crippen LogP contribution in [-0.2, 0) is 6.54 Å². The maximum Gasteiger partial charge on any atom is 0.141 e. The number of hydrogen-bond acceptors (Lipinski definition) is 2. The number of nitrogens with one attached hydrogen (secondary N) is 1. The molecule has 0 saturated heterocycles. The third-order valence-electron chi connectivity index (χ3n) is 3.20. The standard InChI is InChI=1S/C12H17FN2/c1-12(2)4-10(12)7-14-5-9-3-11(13)8-15-6-9/h3,6,8,10,14H,4-5,7H2,1-2H3. The van der Waals surface area contributed by atoms with Crippen molar-refractivity contribution in [3.05, 3.63) is 29.8 Å². The van der Waals surface area contributed by atoms with Crippen molar-refractivity contribution in [2.75, 3.05) is 6.54 Å². The molecule has 1 aromatic heterocycles. The van der Waals surface area contributed by atoms with Crippen molar-refractivity contribution in [1.82, 2.24) is 10.3 Å². The molecule has 1 atom stereocenters. The smallest absolute Gasteiger partial charge is 0.141 e. The lowest BCUT2D eigenvalue weighted by molar-refractivity contribution is 0.518. The number of nitrogens with zero attached hydrogens (tertiary/aromatic N) is 1. The van der Waals surface area contributed by atoms with Crippen molar-refractivity contribution in [1.29, 1.82) is 0 Å². The zero-order valence-corrected chi connectivity index (χ0v) is 9.26. The number of aromatic nitrogens is 1. The molecule has 0 spiro atoms. The Morgan fingerprint density at radius 1 is 1.53 bits per heavy atom. The van der Waals surface area contributed by atoms with Crippen molar-refractivity contribution in [3.63, 3.8) is 0 Å². The Balaban J connectivity index is 1.75.